The number of nitrogens with zero attached hydrogens (tertiary/aromatic N) is 5. The summed E-state index contributed by atoms with van der Waals surface area (Å²) in [5.74, 6) is 0.991. The number of nitrogens with two attached hydrogens (primary N) is 1. The maximum atomic E-state index is 10.9. The first kappa shape index (κ1) is 20.3. The monoisotopic (exact) mass is 426 g/mol. The maximum Gasteiger partial charge on any atom is 0.226 e. The number of hydrogen-bond acceptors (Lipinski definition) is 9. The third-order valence-electron chi connectivity index (χ3n) is 4.61. The predicted octanol–water partition coefficient (Wildman–Crippen LogP) is 0.903. The van der Waals surface area contributed by atoms with Crippen molar-refractivity contribution in [3.63, 3.8) is 0 Å². The Hall–Kier alpha value is -2.99. The Balaban J connectivity index is 1.80. The SMILES string of the molecule is Nc1ccc(-c2cc(-c3cccnc3CNS(=O)[O-])nc(N3CCOCC3)n2)cn1. The molecular weight excluding hydrogens is 406 g/mol. The molecule has 0 radical (unpaired) electrons. The number of nitrogens with one attached hydrogen (secondary N) is 1. The van der Waals surface area contributed by atoms with Crippen LogP contribution in [0.25, 0.3) is 22.5 Å². The average molecular weight is 426 g/mol. The Bertz CT molecular complexity index is 1040. The molecule has 0 aliphatic carbocycles. The van der Waals surface area contributed by atoms with Crippen LogP contribution in [0.1, 0.15) is 5.69 Å². The molecule has 3 aromatic heterocycles. The number of nitrogen functional groups attached to an aromatic ring is 1. The molecule has 0 aromatic carbocycles. The summed E-state index contributed by atoms with van der Waals surface area (Å²) in [5.41, 5.74) is 9.12. The molecule has 1 saturated heterocycles. The minimum Gasteiger partial charge on any atom is -0.760 e. The quantitative estimate of drug-likeness (QED) is 0.550. The molecule has 1 aliphatic heterocycles. The third-order valence-corrected chi connectivity index (χ3v) is 4.99. The maximum absolute atomic E-state index is 10.9. The van der Waals surface area contributed by atoms with E-state index < -0.39 is 11.3 Å². The van der Waals surface area contributed by atoms with Crippen molar-refractivity contribution < 1.29 is 13.5 Å². The second kappa shape index (κ2) is 9.22. The molecule has 1 fully saturated rings. The van der Waals surface area contributed by atoms with Gasteiger partial charge in [-0.2, -0.15) is 0 Å². The molecule has 3 N–H and O–H groups in total. The Morgan fingerprint density at radius 3 is 2.70 bits per heavy atom. The van der Waals surface area contributed by atoms with Gasteiger partial charge in [0.1, 0.15) is 5.82 Å². The summed E-state index contributed by atoms with van der Waals surface area (Å²) in [6, 6.07) is 9.05. The number of hydrogen-bond donors (Lipinski definition) is 2. The van der Waals surface area contributed by atoms with Crippen LogP contribution in [0.5, 0.6) is 0 Å². The lowest BCUT2D eigenvalue weighted by atomic mass is 10.1. The Labute approximate surface area is 176 Å². The molecule has 30 heavy (non-hydrogen) atoms. The van der Waals surface area contributed by atoms with Gasteiger partial charge in [-0.1, -0.05) is 0 Å². The lowest BCUT2D eigenvalue weighted by Gasteiger charge is -2.27. The summed E-state index contributed by atoms with van der Waals surface area (Å²) in [4.78, 5) is 20.0. The smallest absolute Gasteiger partial charge is 0.226 e. The van der Waals surface area contributed by atoms with Crippen LogP contribution in [-0.2, 0) is 22.5 Å². The van der Waals surface area contributed by atoms with Crippen LogP contribution in [0, 0.1) is 0 Å². The van der Waals surface area contributed by atoms with E-state index in [1.807, 2.05) is 18.2 Å². The van der Waals surface area contributed by atoms with Gasteiger partial charge in [0.05, 0.1) is 36.8 Å². The minimum absolute atomic E-state index is 0.0575. The van der Waals surface area contributed by atoms with Crippen molar-refractivity contribution in [2.45, 2.75) is 6.54 Å². The molecule has 11 heteroatoms. The molecule has 10 nitrogen and oxygen atoms in total. The van der Waals surface area contributed by atoms with Gasteiger partial charge in [-0.05, 0) is 30.3 Å². The lowest BCUT2D eigenvalue weighted by Crippen LogP contribution is -2.37. The molecule has 156 valence electrons. The van der Waals surface area contributed by atoms with Gasteiger partial charge in [-0.25, -0.2) is 19.7 Å². The van der Waals surface area contributed by atoms with Gasteiger partial charge >= 0.3 is 0 Å². The van der Waals surface area contributed by atoms with Crippen LogP contribution in [0.15, 0.2) is 42.7 Å². The van der Waals surface area contributed by atoms with E-state index >= 15 is 0 Å². The fourth-order valence-corrected chi connectivity index (χ4v) is 3.38. The summed E-state index contributed by atoms with van der Waals surface area (Å²) < 4.78 is 29.7. The second-order valence-electron chi connectivity index (χ2n) is 6.56. The van der Waals surface area contributed by atoms with Crippen molar-refractivity contribution in [3.05, 3.63) is 48.4 Å². The fraction of sp³-hybridized carbons (Fsp3) is 0.263. The molecule has 1 aliphatic rings. The van der Waals surface area contributed by atoms with E-state index in [4.69, 9.17) is 20.4 Å². The van der Waals surface area contributed by atoms with Crippen molar-refractivity contribution >= 4 is 23.0 Å². The predicted molar refractivity (Wildman–Crippen MR) is 112 cm³/mol. The highest BCUT2D eigenvalue weighted by atomic mass is 32.2. The lowest BCUT2D eigenvalue weighted by molar-refractivity contribution is 0.122. The zero-order chi connectivity index (χ0) is 20.9. The van der Waals surface area contributed by atoms with Crippen molar-refractivity contribution in [2.24, 2.45) is 0 Å². The fourth-order valence-electron chi connectivity index (χ4n) is 3.12. The standard InChI is InChI=1S/C19H21N7O3S/c20-18-4-3-13(11-22-18)15-10-16(25-19(24-15)26-6-8-29-9-7-26)14-2-1-5-21-17(14)12-23-30(27)28/h1-5,10-11,23H,6-9,12H2,(H2,20,22)(H,27,28)/p-1. The summed E-state index contributed by atoms with van der Waals surface area (Å²) in [5, 5.41) is 0. The van der Waals surface area contributed by atoms with E-state index in [-0.39, 0.29) is 6.54 Å². The highest BCUT2D eigenvalue weighted by Crippen LogP contribution is 2.28. The van der Waals surface area contributed by atoms with Crippen molar-refractivity contribution in [1.29, 1.82) is 0 Å². The van der Waals surface area contributed by atoms with Crippen LogP contribution < -0.4 is 15.4 Å². The number of anilines is 2. The molecular formula is C19H20N7O3S-. The molecule has 4 rings (SSSR count). The van der Waals surface area contributed by atoms with E-state index in [0.717, 1.165) is 11.1 Å². The zero-order valence-corrected chi connectivity index (χ0v) is 16.8. The highest BCUT2D eigenvalue weighted by molar-refractivity contribution is 7.77. The Morgan fingerprint density at radius 2 is 1.97 bits per heavy atom. The van der Waals surface area contributed by atoms with Crippen molar-refractivity contribution in [2.75, 3.05) is 36.9 Å². The van der Waals surface area contributed by atoms with Crippen LogP contribution in [0.3, 0.4) is 0 Å². The first-order valence-corrected chi connectivity index (χ1v) is 10.4. The zero-order valence-electron chi connectivity index (χ0n) is 16.0. The first-order chi connectivity index (χ1) is 14.6. The summed E-state index contributed by atoms with van der Waals surface area (Å²) in [7, 11) is 0. The van der Waals surface area contributed by atoms with Gasteiger partial charge in [0, 0.05) is 47.9 Å². The molecule has 0 saturated carbocycles. The van der Waals surface area contributed by atoms with Crippen LogP contribution in [0.4, 0.5) is 11.8 Å². The van der Waals surface area contributed by atoms with E-state index in [2.05, 4.69) is 19.6 Å². The first-order valence-electron chi connectivity index (χ1n) is 9.31. The second-order valence-corrected chi connectivity index (χ2v) is 7.32. The Kier molecular flexibility index (Phi) is 6.23. The van der Waals surface area contributed by atoms with Crippen LogP contribution in [-0.4, -0.2) is 55.0 Å². The van der Waals surface area contributed by atoms with E-state index in [1.165, 1.54) is 0 Å². The number of aromatic nitrogens is 4. The van der Waals surface area contributed by atoms with Gasteiger partial charge in [0.2, 0.25) is 5.95 Å². The third kappa shape index (κ3) is 4.76. The highest BCUT2D eigenvalue weighted by Gasteiger charge is 2.18. The average Bonchev–Trinajstić information content (AvgIpc) is 2.78. The molecule has 0 spiro atoms. The van der Waals surface area contributed by atoms with E-state index in [0.29, 0.717) is 55.2 Å². The van der Waals surface area contributed by atoms with Crippen LogP contribution >= 0.6 is 0 Å². The van der Waals surface area contributed by atoms with Gasteiger partial charge in [-0.3, -0.25) is 9.19 Å². The Morgan fingerprint density at radius 1 is 1.17 bits per heavy atom. The number of pyridine rings is 2. The van der Waals surface area contributed by atoms with Gasteiger partial charge in [0.15, 0.2) is 0 Å². The summed E-state index contributed by atoms with van der Waals surface area (Å²) >= 11 is -2.39. The van der Waals surface area contributed by atoms with Crippen molar-refractivity contribution in [3.8, 4) is 22.5 Å². The molecule has 3 aromatic rings. The topological polar surface area (TPSA) is 142 Å². The van der Waals surface area contributed by atoms with Gasteiger partial charge in [-0.15, -0.1) is 0 Å². The molecule has 4 heterocycles. The summed E-state index contributed by atoms with van der Waals surface area (Å²) in [6.07, 6.45) is 3.28. The molecule has 0 bridgehead atoms. The normalized spacial score (nSPS) is 15.2. The largest absolute Gasteiger partial charge is 0.760 e. The number of morpholine rings is 1. The summed E-state index contributed by atoms with van der Waals surface area (Å²) in [6.45, 7) is 2.62. The number of rotatable bonds is 6. The van der Waals surface area contributed by atoms with E-state index in [1.54, 1.807) is 24.5 Å². The van der Waals surface area contributed by atoms with E-state index in [9.17, 15) is 8.76 Å². The molecule has 0 amide bonds. The molecule has 1 unspecified atom stereocenters. The van der Waals surface area contributed by atoms with Crippen molar-refractivity contribution in [1.82, 2.24) is 24.7 Å². The molecule has 1 atom stereocenters. The van der Waals surface area contributed by atoms with Gasteiger partial charge in [0.25, 0.3) is 0 Å². The van der Waals surface area contributed by atoms with Crippen LogP contribution in [0.2, 0.25) is 0 Å². The minimum atomic E-state index is -2.39. The van der Waals surface area contributed by atoms with Gasteiger partial charge < -0.3 is 19.9 Å². The number of ether oxygens (including phenoxy) is 1.